The maximum atomic E-state index is 13.3. The third-order valence-electron chi connectivity index (χ3n) is 6.45. The molecular formula is C27H31N5O3S2. The molecule has 0 atom stereocenters. The molecule has 1 saturated heterocycles. The predicted octanol–water partition coefficient (Wildman–Crippen LogP) is 4.53. The van der Waals surface area contributed by atoms with Gasteiger partial charge in [0.25, 0.3) is 11.8 Å². The van der Waals surface area contributed by atoms with Gasteiger partial charge in [-0.05, 0) is 61.4 Å². The van der Waals surface area contributed by atoms with E-state index in [0.717, 1.165) is 25.9 Å². The summed E-state index contributed by atoms with van der Waals surface area (Å²) >= 11 is 2.91. The maximum absolute atomic E-state index is 13.3. The molecule has 0 spiro atoms. The Bertz CT molecular complexity index is 1310. The second-order valence-corrected chi connectivity index (χ2v) is 11.6. The third kappa shape index (κ3) is 6.31. The van der Waals surface area contributed by atoms with Crippen molar-refractivity contribution in [2.45, 2.75) is 29.9 Å². The number of aryl methyl sites for hydroxylation is 1. The quantitative estimate of drug-likeness (QED) is 0.497. The molecule has 0 bridgehead atoms. The van der Waals surface area contributed by atoms with Gasteiger partial charge in [0.1, 0.15) is 0 Å². The summed E-state index contributed by atoms with van der Waals surface area (Å²) in [6.07, 6.45) is 1.73. The number of amides is 3. The number of benzene rings is 2. The van der Waals surface area contributed by atoms with Crippen molar-refractivity contribution in [3.8, 4) is 0 Å². The average molecular weight is 538 g/mol. The van der Waals surface area contributed by atoms with Crippen LogP contribution < -0.4 is 10.2 Å². The van der Waals surface area contributed by atoms with Crippen LogP contribution in [0.25, 0.3) is 0 Å². The molecule has 37 heavy (non-hydrogen) atoms. The number of thiazole rings is 1. The molecule has 10 heteroatoms. The highest BCUT2D eigenvalue weighted by Crippen LogP contribution is 2.36. The van der Waals surface area contributed by atoms with Gasteiger partial charge in [-0.25, -0.2) is 4.98 Å². The van der Waals surface area contributed by atoms with Crippen LogP contribution in [0, 0.1) is 13.8 Å². The van der Waals surface area contributed by atoms with Gasteiger partial charge in [0, 0.05) is 68.9 Å². The third-order valence-corrected chi connectivity index (χ3v) is 8.44. The van der Waals surface area contributed by atoms with Gasteiger partial charge in [0.15, 0.2) is 5.13 Å². The normalized spacial score (nSPS) is 13.4. The number of anilines is 2. The lowest BCUT2D eigenvalue weighted by Crippen LogP contribution is -2.50. The molecule has 0 unspecified atom stereocenters. The van der Waals surface area contributed by atoms with Crippen LogP contribution in [0.2, 0.25) is 0 Å². The lowest BCUT2D eigenvalue weighted by molar-refractivity contribution is -0.130. The van der Waals surface area contributed by atoms with E-state index in [1.54, 1.807) is 30.2 Å². The first-order chi connectivity index (χ1) is 17.6. The fourth-order valence-electron chi connectivity index (χ4n) is 4.06. The highest BCUT2D eigenvalue weighted by molar-refractivity contribution is 8.01. The lowest BCUT2D eigenvalue weighted by atomic mass is 10.0. The summed E-state index contributed by atoms with van der Waals surface area (Å²) < 4.78 is 0.912. The molecule has 3 amide bonds. The van der Waals surface area contributed by atoms with Gasteiger partial charge in [-0.1, -0.05) is 23.1 Å². The zero-order valence-corrected chi connectivity index (χ0v) is 23.3. The first-order valence-corrected chi connectivity index (χ1v) is 13.6. The first kappa shape index (κ1) is 26.7. The van der Waals surface area contributed by atoms with Crippen molar-refractivity contribution in [2.75, 3.05) is 50.5 Å². The number of aromatic nitrogens is 1. The Hall–Kier alpha value is -3.37. The second-order valence-electron chi connectivity index (χ2n) is 9.19. The molecule has 4 rings (SSSR count). The topological polar surface area (TPSA) is 85.9 Å². The number of nitrogens with zero attached hydrogens (tertiary/aromatic N) is 4. The smallest absolute Gasteiger partial charge is 0.257 e. The largest absolute Gasteiger partial charge is 0.378 e. The standard InChI is InChI=1S/C27H31N5O3S2/c1-17-14-22(15-23(18(17)2)26(35)32-12-10-31(11-13-32)19(3)33)36-24-16-28-27(37-24)29-25(34)20-6-8-21(9-7-20)30(4)5/h6-9,14-16H,10-13H2,1-5H3,(H,28,29,34). The summed E-state index contributed by atoms with van der Waals surface area (Å²) in [6, 6.07) is 11.4. The van der Waals surface area contributed by atoms with Crippen LogP contribution in [-0.2, 0) is 4.79 Å². The van der Waals surface area contributed by atoms with Crippen LogP contribution in [0.1, 0.15) is 38.8 Å². The van der Waals surface area contributed by atoms with Crippen LogP contribution in [0.3, 0.4) is 0 Å². The highest BCUT2D eigenvalue weighted by atomic mass is 32.2. The number of rotatable bonds is 6. The summed E-state index contributed by atoms with van der Waals surface area (Å²) in [4.78, 5) is 48.5. The molecule has 1 aromatic heterocycles. The molecule has 1 N–H and O–H groups in total. The van der Waals surface area contributed by atoms with Crippen LogP contribution in [-0.4, -0.2) is 72.8 Å². The first-order valence-electron chi connectivity index (χ1n) is 12.0. The van der Waals surface area contributed by atoms with E-state index in [1.807, 2.05) is 55.9 Å². The molecule has 8 nitrogen and oxygen atoms in total. The molecule has 0 radical (unpaired) electrons. The van der Waals surface area contributed by atoms with Crippen molar-refractivity contribution < 1.29 is 14.4 Å². The van der Waals surface area contributed by atoms with E-state index in [9.17, 15) is 14.4 Å². The number of hydrogen-bond acceptors (Lipinski definition) is 7. The van der Waals surface area contributed by atoms with E-state index in [4.69, 9.17) is 0 Å². The van der Waals surface area contributed by atoms with Gasteiger partial charge in [0.05, 0.1) is 10.4 Å². The van der Waals surface area contributed by atoms with E-state index in [-0.39, 0.29) is 17.7 Å². The van der Waals surface area contributed by atoms with Gasteiger partial charge in [0.2, 0.25) is 5.91 Å². The zero-order valence-electron chi connectivity index (χ0n) is 21.7. The van der Waals surface area contributed by atoms with Crippen LogP contribution in [0.4, 0.5) is 10.8 Å². The van der Waals surface area contributed by atoms with E-state index in [1.165, 1.54) is 23.1 Å². The highest BCUT2D eigenvalue weighted by Gasteiger charge is 2.25. The Kier molecular flexibility index (Phi) is 8.19. The number of carbonyl (C=O) groups excluding carboxylic acids is 3. The predicted molar refractivity (Wildman–Crippen MR) is 149 cm³/mol. The summed E-state index contributed by atoms with van der Waals surface area (Å²) in [5, 5.41) is 3.39. The SMILES string of the molecule is CC(=O)N1CCN(C(=O)c2cc(Sc3cnc(NC(=O)c4ccc(N(C)C)cc4)s3)cc(C)c2C)CC1. The Morgan fingerprint density at radius 2 is 1.65 bits per heavy atom. The van der Waals surface area contributed by atoms with Crippen molar-refractivity contribution in [1.82, 2.24) is 14.8 Å². The van der Waals surface area contributed by atoms with E-state index in [2.05, 4.69) is 16.4 Å². The number of piperazine rings is 1. The van der Waals surface area contributed by atoms with Crippen LogP contribution >= 0.6 is 23.1 Å². The Balaban J connectivity index is 1.43. The maximum Gasteiger partial charge on any atom is 0.257 e. The molecule has 2 heterocycles. The van der Waals surface area contributed by atoms with Crippen molar-refractivity contribution in [2.24, 2.45) is 0 Å². The molecule has 0 saturated carbocycles. The summed E-state index contributed by atoms with van der Waals surface area (Å²) in [5.74, 6) is -0.177. The summed E-state index contributed by atoms with van der Waals surface area (Å²) in [7, 11) is 3.91. The lowest BCUT2D eigenvalue weighted by Gasteiger charge is -2.34. The van der Waals surface area contributed by atoms with Crippen LogP contribution in [0.5, 0.6) is 0 Å². The zero-order chi connectivity index (χ0) is 26.7. The van der Waals surface area contributed by atoms with Crippen LogP contribution in [0.15, 0.2) is 51.7 Å². The Labute approximate surface area is 225 Å². The van der Waals surface area contributed by atoms with Gasteiger partial charge in [-0.2, -0.15) is 0 Å². The summed E-state index contributed by atoms with van der Waals surface area (Å²) in [5.41, 5.74) is 4.26. The molecule has 194 valence electrons. The fraction of sp³-hybridized carbons (Fsp3) is 0.333. The van der Waals surface area contributed by atoms with Gasteiger partial charge in [-0.15, -0.1) is 0 Å². The minimum atomic E-state index is -0.208. The molecule has 2 aromatic carbocycles. The van der Waals surface area contributed by atoms with E-state index >= 15 is 0 Å². The van der Waals surface area contributed by atoms with Crippen molar-refractivity contribution >= 4 is 51.6 Å². The molecule has 1 fully saturated rings. The number of nitrogens with one attached hydrogen (secondary N) is 1. The second kappa shape index (κ2) is 11.4. The van der Waals surface area contributed by atoms with Gasteiger partial charge in [-0.3, -0.25) is 19.7 Å². The Morgan fingerprint density at radius 1 is 1.00 bits per heavy atom. The molecule has 3 aromatic rings. The molecular weight excluding hydrogens is 506 g/mol. The van der Waals surface area contributed by atoms with E-state index in [0.29, 0.717) is 42.4 Å². The van der Waals surface area contributed by atoms with Crippen molar-refractivity contribution in [3.63, 3.8) is 0 Å². The number of carbonyl (C=O) groups is 3. The molecule has 0 aliphatic carbocycles. The monoisotopic (exact) mass is 537 g/mol. The minimum Gasteiger partial charge on any atom is -0.378 e. The van der Waals surface area contributed by atoms with Gasteiger partial charge < -0.3 is 14.7 Å². The molecule has 1 aliphatic rings. The average Bonchev–Trinajstić information content (AvgIpc) is 3.32. The Morgan fingerprint density at radius 3 is 2.27 bits per heavy atom. The van der Waals surface area contributed by atoms with Crippen molar-refractivity contribution in [3.05, 3.63) is 64.8 Å². The van der Waals surface area contributed by atoms with E-state index < -0.39 is 0 Å². The summed E-state index contributed by atoms with van der Waals surface area (Å²) in [6.45, 7) is 7.71. The number of hydrogen-bond donors (Lipinski definition) is 1. The minimum absolute atomic E-state index is 0.0104. The van der Waals surface area contributed by atoms with Gasteiger partial charge >= 0.3 is 0 Å². The van der Waals surface area contributed by atoms with Crippen molar-refractivity contribution in [1.29, 1.82) is 0 Å². The fourth-order valence-corrected chi connectivity index (χ4v) is 6.05. The molecule has 1 aliphatic heterocycles.